The first-order valence-corrected chi connectivity index (χ1v) is 9.16. The van der Waals surface area contributed by atoms with E-state index in [9.17, 15) is 4.39 Å². The fourth-order valence-electron chi connectivity index (χ4n) is 3.75. The maximum Gasteiger partial charge on any atom is 0.146 e. The van der Waals surface area contributed by atoms with Crippen molar-refractivity contribution in [2.45, 2.75) is 44.3 Å². The molecule has 4 rings (SSSR count). The summed E-state index contributed by atoms with van der Waals surface area (Å²) in [5, 5.41) is 8.77. The highest BCUT2D eigenvalue weighted by molar-refractivity contribution is 5.17. The van der Waals surface area contributed by atoms with Gasteiger partial charge >= 0.3 is 0 Å². The fraction of sp³-hybridized carbons (Fsp3) is 0.579. The van der Waals surface area contributed by atoms with E-state index in [1.807, 2.05) is 12.1 Å². The molecule has 2 aliphatic rings. The normalized spacial score (nSPS) is 21.4. The molecule has 1 aliphatic carbocycles. The molecule has 2 fully saturated rings. The zero-order valence-electron chi connectivity index (χ0n) is 15.0. The van der Waals surface area contributed by atoms with E-state index in [1.165, 1.54) is 12.8 Å². The van der Waals surface area contributed by atoms with Crippen molar-refractivity contribution in [3.05, 3.63) is 47.3 Å². The first-order chi connectivity index (χ1) is 12.1. The summed E-state index contributed by atoms with van der Waals surface area (Å²) in [7, 11) is 4.23. The summed E-state index contributed by atoms with van der Waals surface area (Å²) in [4.78, 5) is 4.70. The highest BCUT2D eigenvalue weighted by Gasteiger charge is 2.30. The van der Waals surface area contributed by atoms with Gasteiger partial charge in [0.1, 0.15) is 17.5 Å². The van der Waals surface area contributed by atoms with Crippen LogP contribution in [0.4, 0.5) is 4.39 Å². The molecular formula is C19H26FN5. The molecule has 134 valence electrons. The lowest BCUT2D eigenvalue weighted by Gasteiger charge is -2.24. The molecular weight excluding hydrogens is 317 g/mol. The number of likely N-dealkylation sites (tertiary alicyclic amines) is 1. The standard InChI is InChI=1S/C19H26FN5/c1-23(13-18-21-22-19(24(18)2)14-7-8-14)16-9-10-25(12-16)11-15-5-3-4-6-17(15)20/h3-6,14,16H,7-13H2,1-2H3/t16-/m0/s1. The lowest BCUT2D eigenvalue weighted by Crippen LogP contribution is -2.34. The van der Waals surface area contributed by atoms with Gasteiger partial charge in [0.2, 0.25) is 0 Å². The van der Waals surface area contributed by atoms with Crippen LogP contribution >= 0.6 is 0 Å². The first kappa shape index (κ1) is 16.7. The third kappa shape index (κ3) is 3.60. The van der Waals surface area contributed by atoms with Gasteiger partial charge in [0.25, 0.3) is 0 Å². The Hall–Kier alpha value is -1.79. The summed E-state index contributed by atoms with van der Waals surface area (Å²) < 4.78 is 16.0. The average Bonchev–Trinajstić information content (AvgIpc) is 3.23. The molecule has 2 heterocycles. The van der Waals surface area contributed by atoms with Crippen LogP contribution in [0.25, 0.3) is 0 Å². The lowest BCUT2D eigenvalue weighted by molar-refractivity contribution is 0.216. The van der Waals surface area contributed by atoms with Crippen LogP contribution in [0.15, 0.2) is 24.3 Å². The summed E-state index contributed by atoms with van der Waals surface area (Å²) in [5.41, 5.74) is 0.785. The predicted octanol–water partition coefficient (Wildman–Crippen LogP) is 2.54. The quantitative estimate of drug-likeness (QED) is 0.808. The molecule has 5 nitrogen and oxygen atoms in total. The van der Waals surface area contributed by atoms with Gasteiger partial charge < -0.3 is 4.57 Å². The third-order valence-corrected chi connectivity index (χ3v) is 5.55. The molecule has 0 bridgehead atoms. The zero-order chi connectivity index (χ0) is 17.4. The van der Waals surface area contributed by atoms with Crippen LogP contribution in [0.2, 0.25) is 0 Å². The predicted molar refractivity (Wildman–Crippen MR) is 94.5 cm³/mol. The smallest absolute Gasteiger partial charge is 0.146 e. The number of aromatic nitrogens is 3. The summed E-state index contributed by atoms with van der Waals surface area (Å²) in [5.74, 6) is 2.69. The van der Waals surface area contributed by atoms with E-state index in [0.29, 0.717) is 18.5 Å². The molecule has 0 N–H and O–H groups in total. The van der Waals surface area contributed by atoms with Gasteiger partial charge in [-0.3, -0.25) is 9.80 Å². The van der Waals surface area contributed by atoms with E-state index in [-0.39, 0.29) is 5.82 Å². The second-order valence-corrected chi connectivity index (χ2v) is 7.49. The van der Waals surface area contributed by atoms with Crippen LogP contribution in [0.1, 0.15) is 42.4 Å². The minimum Gasteiger partial charge on any atom is -0.317 e. The minimum absolute atomic E-state index is 0.106. The molecule has 0 spiro atoms. The van der Waals surface area contributed by atoms with Gasteiger partial charge in [-0.25, -0.2) is 4.39 Å². The third-order valence-electron chi connectivity index (χ3n) is 5.55. The van der Waals surface area contributed by atoms with E-state index in [4.69, 9.17) is 0 Å². The van der Waals surface area contributed by atoms with Crippen LogP contribution < -0.4 is 0 Å². The number of hydrogen-bond donors (Lipinski definition) is 0. The Labute approximate surface area is 148 Å². The van der Waals surface area contributed by atoms with Crippen molar-refractivity contribution in [2.24, 2.45) is 7.05 Å². The summed E-state index contributed by atoms with van der Waals surface area (Å²) in [6.07, 6.45) is 3.60. The molecule has 0 unspecified atom stereocenters. The SMILES string of the molecule is CN(Cc1nnc(C2CC2)n1C)[C@H]1CCN(Cc2ccccc2F)C1. The van der Waals surface area contributed by atoms with Crippen LogP contribution in [0, 0.1) is 5.82 Å². The van der Waals surface area contributed by atoms with Crippen LogP contribution in [0.5, 0.6) is 0 Å². The van der Waals surface area contributed by atoms with Crippen LogP contribution in [-0.4, -0.2) is 50.7 Å². The van der Waals surface area contributed by atoms with Crippen molar-refractivity contribution in [3.63, 3.8) is 0 Å². The zero-order valence-corrected chi connectivity index (χ0v) is 15.0. The average molecular weight is 343 g/mol. The number of rotatable bonds is 6. The van der Waals surface area contributed by atoms with Crippen molar-refractivity contribution in [3.8, 4) is 0 Å². The van der Waals surface area contributed by atoms with Gasteiger partial charge in [0, 0.05) is 44.2 Å². The Bertz CT molecular complexity index is 739. The summed E-state index contributed by atoms with van der Waals surface area (Å²) in [6, 6.07) is 7.55. The monoisotopic (exact) mass is 343 g/mol. The molecule has 0 amide bonds. The molecule has 1 aromatic carbocycles. The second-order valence-electron chi connectivity index (χ2n) is 7.49. The molecule has 1 saturated carbocycles. The summed E-state index contributed by atoms with van der Waals surface area (Å²) >= 11 is 0. The number of hydrogen-bond acceptors (Lipinski definition) is 4. The van der Waals surface area contributed by atoms with Crippen LogP contribution in [0.3, 0.4) is 0 Å². The molecule has 25 heavy (non-hydrogen) atoms. The van der Waals surface area contributed by atoms with E-state index < -0.39 is 0 Å². The Balaban J connectivity index is 1.34. The van der Waals surface area contributed by atoms with Gasteiger partial charge in [-0.15, -0.1) is 10.2 Å². The van der Waals surface area contributed by atoms with Crippen molar-refractivity contribution in [1.82, 2.24) is 24.6 Å². The Morgan fingerprint density at radius 3 is 2.76 bits per heavy atom. The van der Waals surface area contributed by atoms with E-state index in [0.717, 1.165) is 43.3 Å². The highest BCUT2D eigenvalue weighted by Crippen LogP contribution is 2.38. The molecule has 0 radical (unpaired) electrons. The lowest BCUT2D eigenvalue weighted by atomic mass is 10.2. The topological polar surface area (TPSA) is 37.2 Å². The molecule has 6 heteroatoms. The number of halogens is 1. The van der Waals surface area contributed by atoms with Gasteiger partial charge in [0.05, 0.1) is 6.54 Å². The van der Waals surface area contributed by atoms with E-state index >= 15 is 0 Å². The Morgan fingerprint density at radius 2 is 2.00 bits per heavy atom. The maximum absolute atomic E-state index is 13.8. The van der Waals surface area contributed by atoms with Crippen molar-refractivity contribution >= 4 is 0 Å². The number of likely N-dealkylation sites (N-methyl/N-ethyl adjacent to an activating group) is 1. The molecule has 1 aliphatic heterocycles. The van der Waals surface area contributed by atoms with Crippen molar-refractivity contribution in [1.29, 1.82) is 0 Å². The Morgan fingerprint density at radius 1 is 1.20 bits per heavy atom. The Kier molecular flexibility index (Phi) is 4.56. The number of benzene rings is 1. The second kappa shape index (κ2) is 6.84. The number of nitrogens with zero attached hydrogens (tertiary/aromatic N) is 5. The first-order valence-electron chi connectivity index (χ1n) is 9.16. The van der Waals surface area contributed by atoms with Gasteiger partial charge in [-0.2, -0.15) is 0 Å². The van der Waals surface area contributed by atoms with Crippen molar-refractivity contribution in [2.75, 3.05) is 20.1 Å². The van der Waals surface area contributed by atoms with Gasteiger partial charge in [-0.1, -0.05) is 18.2 Å². The molecule has 1 saturated heterocycles. The molecule has 1 aromatic heterocycles. The van der Waals surface area contributed by atoms with E-state index in [2.05, 4.69) is 38.7 Å². The van der Waals surface area contributed by atoms with Crippen molar-refractivity contribution < 1.29 is 4.39 Å². The van der Waals surface area contributed by atoms with Crippen LogP contribution in [-0.2, 0) is 20.1 Å². The largest absolute Gasteiger partial charge is 0.317 e. The molecule has 1 atom stereocenters. The fourth-order valence-corrected chi connectivity index (χ4v) is 3.75. The van der Waals surface area contributed by atoms with Gasteiger partial charge in [0.15, 0.2) is 0 Å². The van der Waals surface area contributed by atoms with Gasteiger partial charge in [-0.05, 0) is 32.4 Å². The molecule has 2 aromatic rings. The highest BCUT2D eigenvalue weighted by atomic mass is 19.1. The van der Waals surface area contributed by atoms with E-state index in [1.54, 1.807) is 12.1 Å². The summed E-state index contributed by atoms with van der Waals surface area (Å²) in [6.45, 7) is 3.48. The maximum atomic E-state index is 13.8. The minimum atomic E-state index is -0.106.